The molecule has 18 heavy (non-hydrogen) atoms. The monoisotopic (exact) mass is 252 g/mol. The molecule has 0 spiro atoms. The van der Waals surface area contributed by atoms with Crippen LogP contribution < -0.4 is 0 Å². The lowest BCUT2D eigenvalue weighted by molar-refractivity contribution is 0.104. The number of carbonyl (C=O) groups is 1. The molecule has 1 nitrogen and oxygen atoms in total. The third kappa shape index (κ3) is 1.75. The van der Waals surface area contributed by atoms with E-state index >= 15 is 0 Å². The zero-order chi connectivity index (χ0) is 12.5. The van der Waals surface area contributed by atoms with Gasteiger partial charge in [0.25, 0.3) is 0 Å². The van der Waals surface area contributed by atoms with E-state index in [1.807, 2.05) is 54.8 Å². The average molecular weight is 252 g/mol. The van der Waals surface area contributed by atoms with E-state index in [2.05, 4.69) is 6.07 Å². The van der Waals surface area contributed by atoms with Gasteiger partial charge >= 0.3 is 0 Å². The Hall–Kier alpha value is -1.93. The molecule has 0 aliphatic rings. The van der Waals surface area contributed by atoms with Crippen molar-refractivity contribution in [2.24, 2.45) is 0 Å². The van der Waals surface area contributed by atoms with Crippen LogP contribution in [-0.2, 0) is 0 Å². The van der Waals surface area contributed by atoms with Crippen molar-refractivity contribution in [2.75, 3.05) is 0 Å². The Morgan fingerprint density at radius 3 is 2.56 bits per heavy atom. The van der Waals surface area contributed by atoms with Crippen LogP contribution in [-0.4, -0.2) is 5.78 Å². The van der Waals surface area contributed by atoms with Crippen LogP contribution in [0.4, 0.5) is 0 Å². The second-order valence-corrected chi connectivity index (χ2v) is 5.20. The minimum absolute atomic E-state index is 0.112. The summed E-state index contributed by atoms with van der Waals surface area (Å²) in [6, 6.07) is 15.7. The molecule has 0 fully saturated rings. The molecule has 88 valence electrons. The van der Waals surface area contributed by atoms with Crippen molar-refractivity contribution in [1.82, 2.24) is 0 Å². The first-order valence-corrected chi connectivity index (χ1v) is 6.72. The lowest BCUT2D eigenvalue weighted by atomic mass is 9.98. The highest BCUT2D eigenvalue weighted by Gasteiger charge is 2.14. The predicted octanol–water partition coefficient (Wildman–Crippen LogP) is 4.44. The van der Waals surface area contributed by atoms with Crippen molar-refractivity contribution in [1.29, 1.82) is 0 Å². The summed E-state index contributed by atoms with van der Waals surface area (Å²) in [6.45, 7) is 1.97. The van der Waals surface area contributed by atoms with E-state index in [1.54, 1.807) is 11.3 Å². The number of hydrogen-bond acceptors (Lipinski definition) is 2. The maximum Gasteiger partial charge on any atom is 0.194 e. The summed E-state index contributed by atoms with van der Waals surface area (Å²) in [6.07, 6.45) is 0. The maximum atomic E-state index is 12.6. The van der Waals surface area contributed by atoms with Crippen LogP contribution in [0, 0.1) is 6.92 Å². The van der Waals surface area contributed by atoms with Crippen LogP contribution in [0.1, 0.15) is 21.5 Å². The standard InChI is InChI=1S/C16H12OS/c1-11-5-2-3-7-13(11)15(17)14-8-4-6-12-9-10-18-16(12)14/h2-10H,1H3. The van der Waals surface area contributed by atoms with E-state index < -0.39 is 0 Å². The molecular formula is C16H12OS. The third-order valence-electron chi connectivity index (χ3n) is 3.11. The fraction of sp³-hybridized carbons (Fsp3) is 0.0625. The van der Waals surface area contributed by atoms with E-state index in [0.29, 0.717) is 0 Å². The number of thiophene rings is 1. The van der Waals surface area contributed by atoms with Crippen molar-refractivity contribution in [2.45, 2.75) is 6.92 Å². The Morgan fingerprint density at radius 1 is 0.944 bits per heavy atom. The molecule has 0 radical (unpaired) electrons. The number of benzene rings is 2. The number of carbonyl (C=O) groups excluding carboxylic acids is 1. The summed E-state index contributed by atoms with van der Waals surface area (Å²) in [5.41, 5.74) is 2.62. The van der Waals surface area contributed by atoms with E-state index in [1.165, 1.54) is 0 Å². The van der Waals surface area contributed by atoms with Crippen LogP contribution in [0.2, 0.25) is 0 Å². The molecule has 0 aliphatic heterocycles. The quantitative estimate of drug-likeness (QED) is 0.616. The lowest BCUT2D eigenvalue weighted by Gasteiger charge is -2.05. The van der Waals surface area contributed by atoms with Gasteiger partial charge in [-0.3, -0.25) is 4.79 Å². The van der Waals surface area contributed by atoms with Crippen LogP contribution in [0.15, 0.2) is 53.9 Å². The van der Waals surface area contributed by atoms with E-state index in [4.69, 9.17) is 0 Å². The second kappa shape index (κ2) is 4.39. The van der Waals surface area contributed by atoms with Gasteiger partial charge in [-0.15, -0.1) is 11.3 Å². The molecular weight excluding hydrogens is 240 g/mol. The van der Waals surface area contributed by atoms with Crippen LogP contribution >= 0.6 is 11.3 Å². The molecule has 0 saturated heterocycles. The second-order valence-electron chi connectivity index (χ2n) is 4.29. The summed E-state index contributed by atoms with van der Waals surface area (Å²) in [5, 5.41) is 3.17. The van der Waals surface area contributed by atoms with E-state index in [9.17, 15) is 4.79 Å². The fourth-order valence-electron chi connectivity index (χ4n) is 2.14. The highest BCUT2D eigenvalue weighted by atomic mass is 32.1. The Balaban J connectivity index is 2.18. The third-order valence-corrected chi connectivity index (χ3v) is 4.08. The van der Waals surface area contributed by atoms with Crippen LogP contribution in [0.25, 0.3) is 10.1 Å². The smallest absolute Gasteiger partial charge is 0.194 e. The zero-order valence-corrected chi connectivity index (χ0v) is 10.8. The highest BCUT2D eigenvalue weighted by molar-refractivity contribution is 7.17. The normalized spacial score (nSPS) is 10.7. The first-order chi connectivity index (χ1) is 8.77. The van der Waals surface area contributed by atoms with Crippen molar-refractivity contribution >= 4 is 27.2 Å². The average Bonchev–Trinajstić information content (AvgIpc) is 2.86. The summed E-state index contributed by atoms with van der Waals surface area (Å²) in [5.74, 6) is 0.112. The predicted molar refractivity (Wildman–Crippen MR) is 76.4 cm³/mol. The summed E-state index contributed by atoms with van der Waals surface area (Å²) < 4.78 is 1.07. The summed E-state index contributed by atoms with van der Waals surface area (Å²) in [4.78, 5) is 12.6. The molecule has 0 N–H and O–H groups in total. The van der Waals surface area contributed by atoms with Crippen molar-refractivity contribution in [3.8, 4) is 0 Å². The number of hydrogen-bond donors (Lipinski definition) is 0. The lowest BCUT2D eigenvalue weighted by Crippen LogP contribution is -2.03. The molecule has 1 aromatic heterocycles. The summed E-state index contributed by atoms with van der Waals surface area (Å²) in [7, 11) is 0. The fourth-order valence-corrected chi connectivity index (χ4v) is 3.06. The minimum atomic E-state index is 0.112. The van der Waals surface area contributed by atoms with Gasteiger partial charge in [-0.25, -0.2) is 0 Å². The zero-order valence-electron chi connectivity index (χ0n) is 10.0. The molecule has 3 aromatic rings. The van der Waals surface area contributed by atoms with Gasteiger partial charge in [-0.2, -0.15) is 0 Å². The van der Waals surface area contributed by atoms with Crippen molar-refractivity contribution in [3.63, 3.8) is 0 Å². The molecule has 2 aromatic carbocycles. The Labute approximate surface area is 110 Å². The topological polar surface area (TPSA) is 17.1 Å². The SMILES string of the molecule is Cc1ccccc1C(=O)c1cccc2ccsc12. The first-order valence-electron chi connectivity index (χ1n) is 5.84. The number of fused-ring (bicyclic) bond motifs is 1. The molecule has 0 atom stereocenters. The van der Waals surface area contributed by atoms with Crippen molar-refractivity contribution in [3.05, 3.63) is 70.6 Å². The van der Waals surface area contributed by atoms with Gasteiger partial charge in [0, 0.05) is 15.8 Å². The van der Waals surface area contributed by atoms with Gasteiger partial charge in [0.1, 0.15) is 0 Å². The Kier molecular flexibility index (Phi) is 2.73. The van der Waals surface area contributed by atoms with Gasteiger partial charge in [0.2, 0.25) is 0 Å². The van der Waals surface area contributed by atoms with Gasteiger partial charge in [0.05, 0.1) is 0 Å². The Morgan fingerprint density at radius 2 is 1.72 bits per heavy atom. The largest absolute Gasteiger partial charge is 0.289 e. The minimum Gasteiger partial charge on any atom is -0.289 e. The van der Waals surface area contributed by atoms with Gasteiger partial charge in [0.15, 0.2) is 5.78 Å². The maximum absolute atomic E-state index is 12.6. The molecule has 0 aliphatic carbocycles. The molecule has 1 heterocycles. The van der Waals surface area contributed by atoms with Crippen LogP contribution in [0.5, 0.6) is 0 Å². The Bertz CT molecular complexity index is 725. The molecule has 0 unspecified atom stereocenters. The molecule has 0 amide bonds. The van der Waals surface area contributed by atoms with E-state index in [-0.39, 0.29) is 5.78 Å². The van der Waals surface area contributed by atoms with Gasteiger partial charge < -0.3 is 0 Å². The summed E-state index contributed by atoms with van der Waals surface area (Å²) >= 11 is 1.62. The number of ketones is 1. The molecule has 0 bridgehead atoms. The van der Waals surface area contributed by atoms with Crippen LogP contribution in [0.3, 0.4) is 0 Å². The molecule has 2 heteroatoms. The molecule has 3 rings (SSSR count). The van der Waals surface area contributed by atoms with E-state index in [0.717, 1.165) is 26.8 Å². The first kappa shape index (κ1) is 11.2. The van der Waals surface area contributed by atoms with Gasteiger partial charge in [-0.1, -0.05) is 36.4 Å². The number of aryl methyl sites for hydroxylation is 1. The highest BCUT2D eigenvalue weighted by Crippen LogP contribution is 2.27. The van der Waals surface area contributed by atoms with Crippen molar-refractivity contribution < 1.29 is 4.79 Å². The number of rotatable bonds is 2. The van der Waals surface area contributed by atoms with Gasteiger partial charge in [-0.05, 0) is 35.4 Å². The molecule has 0 saturated carbocycles.